The number of halogens is 1. The van der Waals surface area contributed by atoms with Crippen molar-refractivity contribution in [2.24, 2.45) is 0 Å². The molecular weight excluding hydrogens is 216 g/mol. The summed E-state index contributed by atoms with van der Waals surface area (Å²) in [4.78, 5) is 8.05. The van der Waals surface area contributed by atoms with E-state index in [0.29, 0.717) is 29.1 Å². The first-order chi connectivity index (χ1) is 7.22. The molecule has 15 heavy (non-hydrogen) atoms. The number of nitrogens with zero attached hydrogens (tertiary/aromatic N) is 3. The zero-order valence-corrected chi connectivity index (χ0v) is 8.88. The lowest BCUT2D eigenvalue weighted by molar-refractivity contribution is 0.298. The summed E-state index contributed by atoms with van der Waals surface area (Å²) in [5, 5.41) is 6.80. The molecule has 2 aromatic heterocycles. The van der Waals surface area contributed by atoms with Crippen molar-refractivity contribution in [3.05, 3.63) is 23.8 Å². The number of aromatic nitrogens is 4. The minimum Gasteiger partial charge on any atom is -0.492 e. The van der Waals surface area contributed by atoms with Crippen molar-refractivity contribution in [3.63, 3.8) is 0 Å². The van der Waals surface area contributed by atoms with Crippen LogP contribution in [0, 0.1) is 0 Å². The van der Waals surface area contributed by atoms with Crippen molar-refractivity contribution < 1.29 is 4.74 Å². The number of hydrogen-bond donors (Lipinski definition) is 1. The van der Waals surface area contributed by atoms with Gasteiger partial charge in [0, 0.05) is 0 Å². The van der Waals surface area contributed by atoms with Gasteiger partial charge in [0.25, 0.3) is 0 Å². The summed E-state index contributed by atoms with van der Waals surface area (Å²) >= 11 is 5.76. The molecule has 0 fully saturated rings. The molecule has 0 amide bonds. The second kappa shape index (κ2) is 3.86. The van der Waals surface area contributed by atoms with Crippen LogP contribution in [-0.2, 0) is 4.74 Å². The fourth-order valence-corrected chi connectivity index (χ4v) is 1.43. The predicted octanol–water partition coefficient (Wildman–Crippen LogP) is 2.01. The molecule has 78 valence electrons. The quantitative estimate of drug-likeness (QED) is 0.640. The van der Waals surface area contributed by atoms with Crippen LogP contribution in [0.25, 0.3) is 16.8 Å². The topological polar surface area (TPSA) is 63.7 Å². The average molecular weight is 225 g/mol. The van der Waals surface area contributed by atoms with Crippen LogP contribution < -0.4 is 0 Å². The molecule has 5 nitrogen and oxygen atoms in total. The van der Waals surface area contributed by atoms with Crippen LogP contribution in [-0.4, -0.2) is 26.8 Å². The first-order valence-electron chi connectivity index (χ1n) is 4.41. The number of nitrogens with one attached hydrogen (secondary N) is 1. The smallest absolute Gasteiger partial charge is 0.223 e. The van der Waals surface area contributed by atoms with Crippen LogP contribution in [0.3, 0.4) is 0 Å². The lowest BCUT2D eigenvalue weighted by Crippen LogP contribution is -1.97. The van der Waals surface area contributed by atoms with Crippen LogP contribution in [0.15, 0.2) is 12.8 Å². The van der Waals surface area contributed by atoms with Crippen LogP contribution in [0.2, 0.25) is 5.28 Å². The van der Waals surface area contributed by atoms with Gasteiger partial charge in [0.2, 0.25) is 5.28 Å². The van der Waals surface area contributed by atoms with E-state index in [1.54, 1.807) is 6.20 Å². The van der Waals surface area contributed by atoms with E-state index in [-0.39, 0.29) is 5.28 Å². The van der Waals surface area contributed by atoms with E-state index in [2.05, 4.69) is 26.7 Å². The second-order valence-corrected chi connectivity index (χ2v) is 3.17. The number of ether oxygens (including phenoxy) is 1. The SMILES string of the molecule is C=C(OCC)c1nc(Cl)nc2cn[nH]c12. The first kappa shape index (κ1) is 9.92. The molecule has 0 spiro atoms. The maximum atomic E-state index is 5.76. The molecule has 0 saturated carbocycles. The molecular formula is C9H9ClN4O. The molecule has 0 saturated heterocycles. The minimum absolute atomic E-state index is 0.153. The Kier molecular flexibility index (Phi) is 2.55. The highest BCUT2D eigenvalue weighted by atomic mass is 35.5. The highest BCUT2D eigenvalue weighted by Crippen LogP contribution is 2.21. The van der Waals surface area contributed by atoms with E-state index < -0.39 is 0 Å². The second-order valence-electron chi connectivity index (χ2n) is 2.83. The van der Waals surface area contributed by atoms with Crippen molar-refractivity contribution in [2.45, 2.75) is 6.92 Å². The van der Waals surface area contributed by atoms with Crippen LogP contribution in [0.4, 0.5) is 0 Å². The molecule has 0 aromatic carbocycles. The van der Waals surface area contributed by atoms with E-state index in [0.717, 1.165) is 0 Å². The van der Waals surface area contributed by atoms with Gasteiger partial charge >= 0.3 is 0 Å². The monoisotopic (exact) mass is 224 g/mol. The Labute approximate surface area is 91.1 Å². The summed E-state index contributed by atoms with van der Waals surface area (Å²) in [5.41, 5.74) is 1.87. The van der Waals surface area contributed by atoms with Gasteiger partial charge in [-0.1, -0.05) is 6.58 Å². The largest absolute Gasteiger partial charge is 0.492 e. The molecule has 0 unspecified atom stereocenters. The van der Waals surface area contributed by atoms with Gasteiger partial charge in [-0.2, -0.15) is 5.10 Å². The van der Waals surface area contributed by atoms with E-state index >= 15 is 0 Å². The van der Waals surface area contributed by atoms with Gasteiger partial charge in [-0.3, -0.25) is 5.10 Å². The van der Waals surface area contributed by atoms with Crippen LogP contribution >= 0.6 is 11.6 Å². The molecule has 0 aliphatic heterocycles. The lowest BCUT2D eigenvalue weighted by Gasteiger charge is -2.06. The Bertz CT molecular complexity index is 508. The summed E-state index contributed by atoms with van der Waals surface area (Å²) in [7, 11) is 0. The number of hydrogen-bond acceptors (Lipinski definition) is 4. The Balaban J connectivity index is 2.57. The lowest BCUT2D eigenvalue weighted by atomic mass is 10.3. The summed E-state index contributed by atoms with van der Waals surface area (Å²) in [5.74, 6) is 0.455. The van der Waals surface area contributed by atoms with Crippen molar-refractivity contribution in [2.75, 3.05) is 6.61 Å². The van der Waals surface area contributed by atoms with Crippen molar-refractivity contribution in [1.29, 1.82) is 0 Å². The fourth-order valence-electron chi connectivity index (χ4n) is 1.26. The fraction of sp³-hybridized carbons (Fsp3) is 0.222. The Morgan fingerprint density at radius 2 is 2.40 bits per heavy atom. The Hall–Kier alpha value is -1.62. The molecule has 2 aromatic rings. The van der Waals surface area contributed by atoms with Crippen LogP contribution in [0.1, 0.15) is 12.6 Å². The molecule has 0 aliphatic rings. The summed E-state index contributed by atoms with van der Waals surface area (Å²) in [6, 6.07) is 0. The van der Waals surface area contributed by atoms with Crippen molar-refractivity contribution in [1.82, 2.24) is 20.2 Å². The van der Waals surface area contributed by atoms with Gasteiger partial charge in [-0.15, -0.1) is 0 Å². The zero-order valence-electron chi connectivity index (χ0n) is 8.12. The van der Waals surface area contributed by atoms with Gasteiger partial charge in [0.15, 0.2) is 0 Å². The minimum atomic E-state index is 0.153. The number of fused-ring (bicyclic) bond motifs is 1. The molecule has 6 heteroatoms. The summed E-state index contributed by atoms with van der Waals surface area (Å²) in [6.07, 6.45) is 1.58. The molecule has 1 N–H and O–H groups in total. The van der Waals surface area contributed by atoms with Crippen molar-refractivity contribution in [3.8, 4) is 0 Å². The van der Waals surface area contributed by atoms with Gasteiger partial charge < -0.3 is 4.74 Å². The summed E-state index contributed by atoms with van der Waals surface area (Å²) < 4.78 is 5.27. The maximum Gasteiger partial charge on any atom is 0.223 e. The maximum absolute atomic E-state index is 5.76. The molecule has 0 radical (unpaired) electrons. The van der Waals surface area contributed by atoms with E-state index in [1.165, 1.54) is 0 Å². The van der Waals surface area contributed by atoms with Gasteiger partial charge in [0.1, 0.15) is 22.5 Å². The van der Waals surface area contributed by atoms with Crippen LogP contribution in [0.5, 0.6) is 0 Å². The highest BCUT2D eigenvalue weighted by Gasteiger charge is 2.11. The number of H-pyrrole nitrogens is 1. The molecule has 2 heterocycles. The summed E-state index contributed by atoms with van der Waals surface area (Å²) in [6.45, 7) is 6.16. The number of aromatic amines is 1. The van der Waals surface area contributed by atoms with Gasteiger partial charge in [-0.25, -0.2) is 9.97 Å². The van der Waals surface area contributed by atoms with E-state index in [9.17, 15) is 0 Å². The molecule has 0 bridgehead atoms. The molecule has 2 rings (SSSR count). The highest BCUT2D eigenvalue weighted by molar-refractivity contribution is 6.28. The standard InChI is InChI=1S/C9H9ClN4O/c1-3-15-5(2)7-8-6(4-11-14-8)12-9(10)13-7/h4H,2-3H2,1H3,(H,11,14). The Morgan fingerprint density at radius 3 is 3.13 bits per heavy atom. The van der Waals surface area contributed by atoms with E-state index in [4.69, 9.17) is 16.3 Å². The first-order valence-corrected chi connectivity index (χ1v) is 4.79. The average Bonchev–Trinajstić information content (AvgIpc) is 2.64. The molecule has 0 aliphatic carbocycles. The predicted molar refractivity (Wildman–Crippen MR) is 57.4 cm³/mol. The molecule has 0 atom stereocenters. The normalized spacial score (nSPS) is 10.5. The van der Waals surface area contributed by atoms with Gasteiger partial charge in [-0.05, 0) is 18.5 Å². The number of rotatable bonds is 3. The van der Waals surface area contributed by atoms with Gasteiger partial charge in [0.05, 0.1) is 12.8 Å². The van der Waals surface area contributed by atoms with Crippen molar-refractivity contribution >= 4 is 28.4 Å². The zero-order chi connectivity index (χ0) is 10.8. The third kappa shape index (κ3) is 1.78. The third-order valence-electron chi connectivity index (χ3n) is 1.86. The van der Waals surface area contributed by atoms with E-state index in [1.807, 2.05) is 6.92 Å². The Morgan fingerprint density at radius 1 is 1.60 bits per heavy atom. The third-order valence-corrected chi connectivity index (χ3v) is 2.02.